The number of halogens is 1. The first-order valence-corrected chi connectivity index (χ1v) is 4.91. The molecule has 0 fully saturated rings. The van der Waals surface area contributed by atoms with E-state index in [0.29, 0.717) is 0 Å². The van der Waals surface area contributed by atoms with Crippen LogP contribution in [-0.4, -0.2) is 22.0 Å². The minimum Gasteiger partial charge on any atom is -0.462 e. The van der Waals surface area contributed by atoms with Crippen LogP contribution in [0.1, 0.15) is 13.8 Å². The maximum absolute atomic E-state index is 10.6. The molecule has 1 unspecified atom stereocenters. The minimum absolute atomic E-state index is 0.173. The molecule has 0 saturated heterocycles. The summed E-state index contributed by atoms with van der Waals surface area (Å²) in [4.78, 5) is 10.6. The standard InChI is InChI=1S/C5H9ClO3S/c1-4(2)9-5(7)3-10(6)8/h4H,3H2,1-2H3. The lowest BCUT2D eigenvalue weighted by Crippen LogP contribution is -2.16. The van der Waals surface area contributed by atoms with Crippen molar-refractivity contribution >= 4 is 26.7 Å². The zero-order valence-electron chi connectivity index (χ0n) is 5.80. The molecule has 0 radical (unpaired) electrons. The maximum atomic E-state index is 10.6. The summed E-state index contributed by atoms with van der Waals surface area (Å²) < 4.78 is 14.9. The third kappa shape index (κ3) is 6.04. The van der Waals surface area contributed by atoms with E-state index in [-0.39, 0.29) is 11.9 Å². The predicted molar refractivity (Wildman–Crippen MR) is 40.1 cm³/mol. The smallest absolute Gasteiger partial charge is 0.320 e. The van der Waals surface area contributed by atoms with Gasteiger partial charge in [0.2, 0.25) is 0 Å². The van der Waals surface area contributed by atoms with Gasteiger partial charge in [-0.25, -0.2) is 4.21 Å². The van der Waals surface area contributed by atoms with E-state index in [1.807, 2.05) is 0 Å². The molecule has 0 aromatic rings. The van der Waals surface area contributed by atoms with Gasteiger partial charge in [-0.05, 0) is 24.5 Å². The zero-order chi connectivity index (χ0) is 8.15. The van der Waals surface area contributed by atoms with Crippen molar-refractivity contribution in [3.05, 3.63) is 0 Å². The summed E-state index contributed by atoms with van der Waals surface area (Å²) in [6.45, 7) is 3.43. The summed E-state index contributed by atoms with van der Waals surface area (Å²) in [6.07, 6.45) is -0.173. The van der Waals surface area contributed by atoms with Crippen molar-refractivity contribution in [2.75, 3.05) is 5.75 Å². The lowest BCUT2D eigenvalue weighted by Gasteiger charge is -2.04. The Hall–Kier alpha value is -0.0900. The van der Waals surface area contributed by atoms with Crippen LogP contribution < -0.4 is 0 Å². The van der Waals surface area contributed by atoms with Crippen molar-refractivity contribution in [1.29, 1.82) is 0 Å². The van der Waals surface area contributed by atoms with Gasteiger partial charge < -0.3 is 4.74 Å². The van der Waals surface area contributed by atoms with Crippen molar-refractivity contribution < 1.29 is 13.7 Å². The van der Waals surface area contributed by atoms with Crippen molar-refractivity contribution in [3.8, 4) is 0 Å². The molecule has 0 aliphatic rings. The Labute approximate surface area is 66.7 Å². The quantitative estimate of drug-likeness (QED) is 0.482. The average molecular weight is 185 g/mol. The molecule has 0 rings (SSSR count). The van der Waals surface area contributed by atoms with Crippen LogP contribution in [-0.2, 0) is 19.5 Å². The molecule has 1 atom stereocenters. The van der Waals surface area contributed by atoms with Gasteiger partial charge >= 0.3 is 5.97 Å². The van der Waals surface area contributed by atoms with Gasteiger partial charge in [-0.1, -0.05) is 0 Å². The molecule has 0 aromatic heterocycles. The molecule has 0 amide bonds. The number of ether oxygens (including phenoxy) is 1. The highest BCUT2D eigenvalue weighted by Crippen LogP contribution is 1.93. The van der Waals surface area contributed by atoms with E-state index in [1.54, 1.807) is 13.8 Å². The first-order valence-electron chi connectivity index (χ1n) is 2.76. The van der Waals surface area contributed by atoms with E-state index in [2.05, 4.69) is 4.74 Å². The van der Waals surface area contributed by atoms with Crippen molar-refractivity contribution in [1.82, 2.24) is 0 Å². The van der Waals surface area contributed by atoms with Crippen molar-refractivity contribution in [3.63, 3.8) is 0 Å². The molecular formula is C5H9ClO3S. The van der Waals surface area contributed by atoms with Gasteiger partial charge in [-0.3, -0.25) is 4.79 Å². The summed E-state index contributed by atoms with van der Waals surface area (Å²) in [7, 11) is 3.41. The predicted octanol–water partition coefficient (Wildman–Crippen LogP) is 0.841. The second-order valence-electron chi connectivity index (χ2n) is 1.97. The maximum Gasteiger partial charge on any atom is 0.320 e. The van der Waals surface area contributed by atoms with Crippen LogP contribution in [0.3, 0.4) is 0 Å². The summed E-state index contributed by atoms with van der Waals surface area (Å²) in [5, 5.41) is 0. The average Bonchev–Trinajstić information content (AvgIpc) is 1.58. The van der Waals surface area contributed by atoms with Gasteiger partial charge in [0.05, 0.1) is 6.10 Å². The Morgan fingerprint density at radius 2 is 2.20 bits per heavy atom. The fourth-order valence-corrected chi connectivity index (χ4v) is 0.910. The van der Waals surface area contributed by atoms with Gasteiger partial charge in [-0.15, -0.1) is 0 Å². The van der Waals surface area contributed by atoms with E-state index < -0.39 is 16.0 Å². The molecule has 0 aliphatic heterocycles. The molecule has 0 N–H and O–H groups in total. The van der Waals surface area contributed by atoms with E-state index in [0.717, 1.165) is 0 Å². The third-order valence-electron chi connectivity index (χ3n) is 0.598. The molecule has 0 heterocycles. The molecule has 10 heavy (non-hydrogen) atoms. The SMILES string of the molecule is CC(C)OC(=O)CS(=O)Cl. The Bertz CT molecular complexity index is 146. The summed E-state index contributed by atoms with van der Waals surface area (Å²) in [5.41, 5.74) is 0. The highest BCUT2D eigenvalue weighted by Gasteiger charge is 2.07. The molecule has 0 saturated carbocycles. The zero-order valence-corrected chi connectivity index (χ0v) is 7.37. The van der Waals surface area contributed by atoms with Crippen LogP contribution in [0.25, 0.3) is 0 Å². The Balaban J connectivity index is 3.54. The van der Waals surface area contributed by atoms with Crippen molar-refractivity contribution in [2.24, 2.45) is 0 Å². The van der Waals surface area contributed by atoms with Gasteiger partial charge in [0.1, 0.15) is 15.8 Å². The Kier molecular flexibility index (Phi) is 4.64. The van der Waals surface area contributed by atoms with Gasteiger partial charge in [-0.2, -0.15) is 0 Å². The second kappa shape index (κ2) is 4.68. The van der Waals surface area contributed by atoms with Crippen LogP contribution in [0.15, 0.2) is 0 Å². The first-order chi connectivity index (χ1) is 4.52. The molecular weight excluding hydrogens is 176 g/mol. The van der Waals surface area contributed by atoms with E-state index in [9.17, 15) is 9.00 Å². The summed E-state index contributed by atoms with van der Waals surface area (Å²) in [5.74, 6) is -0.761. The van der Waals surface area contributed by atoms with Crippen LogP contribution in [0, 0.1) is 0 Å². The Morgan fingerprint density at radius 1 is 1.70 bits per heavy atom. The number of rotatable bonds is 3. The van der Waals surface area contributed by atoms with E-state index in [1.165, 1.54) is 0 Å². The fourth-order valence-electron chi connectivity index (χ4n) is 0.390. The van der Waals surface area contributed by atoms with Gasteiger partial charge in [0.15, 0.2) is 0 Å². The third-order valence-corrected chi connectivity index (χ3v) is 1.39. The molecule has 0 spiro atoms. The Morgan fingerprint density at radius 3 is 2.50 bits per heavy atom. The number of carbonyl (C=O) groups excluding carboxylic acids is 1. The largest absolute Gasteiger partial charge is 0.462 e. The van der Waals surface area contributed by atoms with Crippen LogP contribution >= 0.6 is 10.7 Å². The van der Waals surface area contributed by atoms with Crippen LogP contribution in [0.5, 0.6) is 0 Å². The topological polar surface area (TPSA) is 43.4 Å². The summed E-state index contributed by atoms with van der Waals surface area (Å²) >= 11 is 0. The molecule has 60 valence electrons. The van der Waals surface area contributed by atoms with E-state index >= 15 is 0 Å². The lowest BCUT2D eigenvalue weighted by molar-refractivity contribution is -0.144. The minimum atomic E-state index is -1.61. The number of hydrogen-bond acceptors (Lipinski definition) is 3. The van der Waals surface area contributed by atoms with Gasteiger partial charge in [0.25, 0.3) is 0 Å². The number of carbonyl (C=O) groups is 1. The van der Waals surface area contributed by atoms with Crippen LogP contribution in [0.2, 0.25) is 0 Å². The fraction of sp³-hybridized carbons (Fsp3) is 0.800. The second-order valence-corrected chi connectivity index (χ2v) is 3.87. The lowest BCUT2D eigenvalue weighted by atomic mass is 10.5. The first kappa shape index (κ1) is 9.91. The van der Waals surface area contributed by atoms with Crippen molar-refractivity contribution in [2.45, 2.75) is 20.0 Å². The molecule has 0 aromatic carbocycles. The molecule has 5 heteroatoms. The highest BCUT2D eigenvalue weighted by molar-refractivity contribution is 8.08. The molecule has 0 aliphatic carbocycles. The number of esters is 1. The van der Waals surface area contributed by atoms with Crippen LogP contribution in [0.4, 0.5) is 0 Å². The molecule has 3 nitrogen and oxygen atoms in total. The monoisotopic (exact) mass is 184 g/mol. The van der Waals surface area contributed by atoms with Gasteiger partial charge in [0, 0.05) is 0 Å². The highest BCUT2D eigenvalue weighted by atomic mass is 35.7. The number of hydrogen-bond donors (Lipinski definition) is 0. The normalized spacial score (nSPS) is 13.2. The van der Waals surface area contributed by atoms with E-state index in [4.69, 9.17) is 10.7 Å². The summed E-state index contributed by atoms with van der Waals surface area (Å²) in [6, 6.07) is 0. The molecule has 0 bridgehead atoms.